The zero-order chi connectivity index (χ0) is 9.14. The van der Waals surface area contributed by atoms with Gasteiger partial charge in [0.05, 0.1) is 12.6 Å². The van der Waals surface area contributed by atoms with Crippen LogP contribution in [0, 0.1) is 5.92 Å². The molecule has 0 saturated carbocycles. The normalized spacial score (nSPS) is 23.1. The molecule has 0 saturated heterocycles. The summed E-state index contributed by atoms with van der Waals surface area (Å²) in [6, 6.07) is 0.461. The van der Waals surface area contributed by atoms with Gasteiger partial charge in [-0.25, -0.2) is 0 Å². The molecule has 0 spiro atoms. The van der Waals surface area contributed by atoms with Gasteiger partial charge in [-0.3, -0.25) is 4.99 Å². The van der Waals surface area contributed by atoms with Gasteiger partial charge in [0.1, 0.15) is 0 Å². The molecule has 0 radical (unpaired) electrons. The predicted molar refractivity (Wildman–Crippen MR) is 52.0 cm³/mol. The smallest absolute Gasteiger partial charge is 0.191 e. The van der Waals surface area contributed by atoms with E-state index in [1.165, 1.54) is 0 Å². The second-order valence-electron chi connectivity index (χ2n) is 3.45. The third-order valence-electron chi connectivity index (χ3n) is 2.23. The second kappa shape index (κ2) is 3.61. The maximum atomic E-state index is 5.72. The molecule has 0 fully saturated rings. The lowest BCUT2D eigenvalue weighted by molar-refractivity contribution is 0.295. The highest BCUT2D eigenvalue weighted by atomic mass is 15.3. The van der Waals surface area contributed by atoms with Crippen molar-refractivity contribution in [3.05, 3.63) is 12.7 Å². The van der Waals surface area contributed by atoms with Gasteiger partial charge in [0.15, 0.2) is 5.96 Å². The van der Waals surface area contributed by atoms with Crippen LogP contribution in [-0.4, -0.2) is 30.0 Å². The summed E-state index contributed by atoms with van der Waals surface area (Å²) in [5.41, 5.74) is 5.72. The van der Waals surface area contributed by atoms with Crippen LogP contribution in [0.15, 0.2) is 17.6 Å². The molecule has 68 valence electrons. The summed E-state index contributed by atoms with van der Waals surface area (Å²) < 4.78 is 0. The van der Waals surface area contributed by atoms with Crippen molar-refractivity contribution in [2.24, 2.45) is 16.6 Å². The van der Waals surface area contributed by atoms with E-state index < -0.39 is 0 Å². The third-order valence-corrected chi connectivity index (χ3v) is 2.23. The van der Waals surface area contributed by atoms with Gasteiger partial charge in [0.2, 0.25) is 0 Å². The molecule has 1 aliphatic heterocycles. The van der Waals surface area contributed by atoms with Crippen LogP contribution in [0.2, 0.25) is 0 Å². The summed E-state index contributed by atoms with van der Waals surface area (Å²) in [6.07, 6.45) is 1.86. The minimum Gasteiger partial charge on any atom is -0.370 e. The van der Waals surface area contributed by atoms with E-state index in [2.05, 4.69) is 30.3 Å². The van der Waals surface area contributed by atoms with E-state index >= 15 is 0 Å². The molecule has 1 atom stereocenters. The van der Waals surface area contributed by atoms with E-state index in [0.717, 1.165) is 13.1 Å². The standard InChI is InChI=1S/C9H17N3/c1-4-5-12-8(7(2)3)6-11-9(12)10/h4,7-8H,1,5-6H2,2-3H3,(H2,10,11). The summed E-state index contributed by atoms with van der Waals surface area (Å²) in [5.74, 6) is 1.25. The summed E-state index contributed by atoms with van der Waals surface area (Å²) >= 11 is 0. The van der Waals surface area contributed by atoms with Gasteiger partial charge in [-0.1, -0.05) is 19.9 Å². The Balaban J connectivity index is 2.63. The largest absolute Gasteiger partial charge is 0.370 e. The average Bonchev–Trinajstić information content (AvgIpc) is 2.34. The molecule has 1 unspecified atom stereocenters. The van der Waals surface area contributed by atoms with Gasteiger partial charge in [-0.15, -0.1) is 6.58 Å². The SMILES string of the molecule is C=CCN1C(N)=NCC1C(C)C. The molecule has 12 heavy (non-hydrogen) atoms. The van der Waals surface area contributed by atoms with Crippen LogP contribution in [0.5, 0.6) is 0 Å². The van der Waals surface area contributed by atoms with Crippen LogP contribution < -0.4 is 5.73 Å². The van der Waals surface area contributed by atoms with Crippen LogP contribution in [0.1, 0.15) is 13.8 Å². The minimum absolute atomic E-state index is 0.461. The van der Waals surface area contributed by atoms with E-state index in [-0.39, 0.29) is 0 Å². The van der Waals surface area contributed by atoms with Crippen LogP contribution in [0.3, 0.4) is 0 Å². The van der Waals surface area contributed by atoms with Gasteiger partial charge in [-0.05, 0) is 5.92 Å². The van der Waals surface area contributed by atoms with Crippen LogP contribution >= 0.6 is 0 Å². The Bertz CT molecular complexity index is 196. The van der Waals surface area contributed by atoms with Crippen LogP contribution in [-0.2, 0) is 0 Å². The number of hydrogen-bond donors (Lipinski definition) is 1. The Morgan fingerprint density at radius 2 is 2.50 bits per heavy atom. The van der Waals surface area contributed by atoms with E-state index in [9.17, 15) is 0 Å². The Morgan fingerprint density at radius 1 is 1.83 bits per heavy atom. The van der Waals surface area contributed by atoms with Crippen molar-refractivity contribution in [3.8, 4) is 0 Å². The molecule has 0 aliphatic carbocycles. The molecule has 1 rings (SSSR count). The monoisotopic (exact) mass is 167 g/mol. The highest BCUT2D eigenvalue weighted by Gasteiger charge is 2.26. The van der Waals surface area contributed by atoms with Gasteiger partial charge in [-0.2, -0.15) is 0 Å². The van der Waals surface area contributed by atoms with Gasteiger partial charge >= 0.3 is 0 Å². The number of nitrogens with zero attached hydrogens (tertiary/aromatic N) is 2. The lowest BCUT2D eigenvalue weighted by Crippen LogP contribution is -2.43. The van der Waals surface area contributed by atoms with Crippen molar-refractivity contribution in [1.82, 2.24) is 4.90 Å². The Morgan fingerprint density at radius 3 is 3.00 bits per heavy atom. The number of nitrogens with two attached hydrogens (primary N) is 1. The lowest BCUT2D eigenvalue weighted by Gasteiger charge is -2.27. The van der Waals surface area contributed by atoms with Crippen molar-refractivity contribution >= 4 is 5.96 Å². The average molecular weight is 167 g/mol. The molecule has 0 aromatic carbocycles. The highest BCUT2D eigenvalue weighted by Crippen LogP contribution is 2.15. The molecule has 3 nitrogen and oxygen atoms in total. The number of hydrogen-bond acceptors (Lipinski definition) is 3. The zero-order valence-electron chi connectivity index (χ0n) is 7.83. The Kier molecular flexibility index (Phi) is 2.74. The number of guanidine groups is 1. The molecule has 0 aromatic rings. The topological polar surface area (TPSA) is 41.6 Å². The van der Waals surface area contributed by atoms with E-state index in [4.69, 9.17) is 5.73 Å². The van der Waals surface area contributed by atoms with E-state index in [1.807, 2.05) is 6.08 Å². The van der Waals surface area contributed by atoms with Crippen molar-refractivity contribution in [1.29, 1.82) is 0 Å². The molecule has 1 aliphatic rings. The summed E-state index contributed by atoms with van der Waals surface area (Å²) in [6.45, 7) is 9.71. The summed E-state index contributed by atoms with van der Waals surface area (Å²) in [7, 11) is 0. The first kappa shape index (κ1) is 9.10. The molecular formula is C9H17N3. The molecule has 0 amide bonds. The number of rotatable bonds is 3. The Labute approximate surface area is 74.0 Å². The molecule has 0 aromatic heterocycles. The predicted octanol–water partition coefficient (Wildman–Crippen LogP) is 0.827. The first-order valence-corrected chi connectivity index (χ1v) is 4.34. The maximum absolute atomic E-state index is 5.72. The van der Waals surface area contributed by atoms with Crippen molar-refractivity contribution in [3.63, 3.8) is 0 Å². The summed E-state index contributed by atoms with van der Waals surface area (Å²) in [4.78, 5) is 6.32. The maximum Gasteiger partial charge on any atom is 0.191 e. The molecule has 0 bridgehead atoms. The number of aliphatic imine (C=N–C) groups is 1. The summed E-state index contributed by atoms with van der Waals surface area (Å²) in [5, 5.41) is 0. The molecule has 3 heteroatoms. The fraction of sp³-hybridized carbons (Fsp3) is 0.667. The molecule has 2 N–H and O–H groups in total. The molecule has 1 heterocycles. The third kappa shape index (κ3) is 1.60. The quantitative estimate of drug-likeness (QED) is 0.632. The first-order valence-electron chi connectivity index (χ1n) is 4.34. The van der Waals surface area contributed by atoms with Gasteiger partial charge < -0.3 is 10.6 Å². The van der Waals surface area contributed by atoms with E-state index in [0.29, 0.717) is 17.9 Å². The minimum atomic E-state index is 0.461. The Hall–Kier alpha value is -0.990. The van der Waals surface area contributed by atoms with Gasteiger partial charge in [0.25, 0.3) is 0 Å². The lowest BCUT2D eigenvalue weighted by atomic mass is 10.0. The van der Waals surface area contributed by atoms with Gasteiger partial charge in [0, 0.05) is 6.54 Å². The fourth-order valence-corrected chi connectivity index (χ4v) is 1.49. The van der Waals surface area contributed by atoms with Crippen LogP contribution in [0.4, 0.5) is 0 Å². The fourth-order valence-electron chi connectivity index (χ4n) is 1.49. The van der Waals surface area contributed by atoms with E-state index in [1.54, 1.807) is 0 Å². The van der Waals surface area contributed by atoms with Crippen molar-refractivity contribution in [2.75, 3.05) is 13.1 Å². The second-order valence-corrected chi connectivity index (χ2v) is 3.45. The van der Waals surface area contributed by atoms with Crippen molar-refractivity contribution < 1.29 is 0 Å². The van der Waals surface area contributed by atoms with Crippen LogP contribution in [0.25, 0.3) is 0 Å². The van der Waals surface area contributed by atoms with Crippen molar-refractivity contribution in [2.45, 2.75) is 19.9 Å². The zero-order valence-corrected chi connectivity index (χ0v) is 7.83. The first-order chi connectivity index (χ1) is 5.66. The highest BCUT2D eigenvalue weighted by molar-refractivity contribution is 5.80. The molecular weight excluding hydrogens is 150 g/mol.